The lowest BCUT2D eigenvalue weighted by atomic mass is 10.1. The maximum atomic E-state index is 12.8. The second kappa shape index (κ2) is 2.76. The summed E-state index contributed by atoms with van der Waals surface area (Å²) < 4.78 is 17.4. The summed E-state index contributed by atoms with van der Waals surface area (Å²) in [4.78, 5) is 20.7. The lowest BCUT2D eigenvalue weighted by Gasteiger charge is -1.96. The van der Waals surface area contributed by atoms with Gasteiger partial charge in [0.05, 0.1) is 22.1 Å². The van der Waals surface area contributed by atoms with Gasteiger partial charge in [-0.15, -0.1) is 0 Å². The Bertz CT molecular complexity index is 443. The summed E-state index contributed by atoms with van der Waals surface area (Å²) in [6.07, 6.45) is 0. The van der Waals surface area contributed by atoms with E-state index in [9.17, 15) is 19.3 Å². The highest BCUT2D eigenvalue weighted by Crippen LogP contribution is 2.29. The zero-order chi connectivity index (χ0) is 10.3. The molecule has 1 aliphatic rings. The molecule has 2 rings (SSSR count). The minimum Gasteiger partial charge on any atom is -0.457 e. The van der Waals surface area contributed by atoms with Crippen LogP contribution in [0.2, 0.25) is 0 Å². The van der Waals surface area contributed by atoms with Gasteiger partial charge in [0.2, 0.25) is 0 Å². The summed E-state index contributed by atoms with van der Waals surface area (Å²) in [7, 11) is 0. The van der Waals surface area contributed by atoms with E-state index < -0.39 is 22.4 Å². The minimum atomic E-state index is -0.811. The first-order chi connectivity index (χ1) is 6.59. The largest absolute Gasteiger partial charge is 0.457 e. The average Bonchev–Trinajstić information content (AvgIpc) is 2.47. The van der Waals surface area contributed by atoms with Crippen molar-refractivity contribution in [2.75, 3.05) is 0 Å². The monoisotopic (exact) mass is 197 g/mol. The molecule has 1 aliphatic heterocycles. The number of ether oxygens (including phenoxy) is 1. The number of hydrogen-bond acceptors (Lipinski definition) is 4. The van der Waals surface area contributed by atoms with Gasteiger partial charge < -0.3 is 4.74 Å². The Labute approximate surface area is 77.2 Å². The van der Waals surface area contributed by atoms with Gasteiger partial charge in [0.1, 0.15) is 12.4 Å². The van der Waals surface area contributed by atoms with Crippen molar-refractivity contribution in [3.63, 3.8) is 0 Å². The van der Waals surface area contributed by atoms with Crippen LogP contribution in [0.25, 0.3) is 0 Å². The molecule has 6 heteroatoms. The summed E-state index contributed by atoms with van der Waals surface area (Å²) in [5.74, 6) is -1.53. The molecular formula is C8H4FNO4. The number of carbonyl (C=O) groups excluding carboxylic acids is 1. The van der Waals surface area contributed by atoms with Gasteiger partial charge in [-0.1, -0.05) is 0 Å². The lowest BCUT2D eigenvalue weighted by molar-refractivity contribution is -0.385. The number of esters is 1. The van der Waals surface area contributed by atoms with Gasteiger partial charge in [-0.2, -0.15) is 0 Å². The fourth-order valence-corrected chi connectivity index (χ4v) is 1.33. The maximum Gasteiger partial charge on any atom is 0.339 e. The van der Waals surface area contributed by atoms with Crippen molar-refractivity contribution in [3.8, 4) is 0 Å². The van der Waals surface area contributed by atoms with E-state index in [1.807, 2.05) is 0 Å². The molecule has 0 bridgehead atoms. The van der Waals surface area contributed by atoms with Crippen LogP contribution in [0.5, 0.6) is 0 Å². The zero-order valence-corrected chi connectivity index (χ0v) is 6.82. The fourth-order valence-electron chi connectivity index (χ4n) is 1.33. The zero-order valence-electron chi connectivity index (χ0n) is 6.82. The first-order valence-electron chi connectivity index (χ1n) is 3.73. The van der Waals surface area contributed by atoms with E-state index in [0.717, 1.165) is 12.1 Å². The van der Waals surface area contributed by atoms with E-state index in [4.69, 9.17) is 0 Å². The fraction of sp³-hybridized carbons (Fsp3) is 0.125. The number of nitro groups is 1. The Kier molecular flexibility index (Phi) is 1.70. The van der Waals surface area contributed by atoms with E-state index in [1.54, 1.807) is 0 Å². The third-order valence-corrected chi connectivity index (χ3v) is 1.96. The molecular weight excluding hydrogens is 193 g/mol. The Balaban J connectivity index is 2.69. The number of hydrogen-bond donors (Lipinski definition) is 0. The van der Waals surface area contributed by atoms with E-state index in [2.05, 4.69) is 4.74 Å². The lowest BCUT2D eigenvalue weighted by Crippen LogP contribution is -1.98. The molecule has 0 fully saturated rings. The first-order valence-corrected chi connectivity index (χ1v) is 3.73. The van der Waals surface area contributed by atoms with E-state index in [-0.39, 0.29) is 17.7 Å². The molecule has 0 unspecified atom stereocenters. The molecule has 72 valence electrons. The van der Waals surface area contributed by atoms with E-state index in [1.165, 1.54) is 0 Å². The molecule has 0 aliphatic carbocycles. The van der Waals surface area contributed by atoms with Crippen molar-refractivity contribution in [1.82, 2.24) is 0 Å². The SMILES string of the molecule is O=C1OCc2c1cc(F)cc2[N+](=O)[O-]. The molecule has 0 saturated heterocycles. The number of benzene rings is 1. The Morgan fingerprint density at radius 3 is 2.86 bits per heavy atom. The number of fused-ring (bicyclic) bond motifs is 1. The van der Waals surface area contributed by atoms with Crippen LogP contribution in [-0.2, 0) is 11.3 Å². The van der Waals surface area contributed by atoms with Crippen LogP contribution in [0.15, 0.2) is 12.1 Å². The summed E-state index contributed by atoms with van der Waals surface area (Å²) in [6.45, 7) is -0.162. The van der Waals surface area contributed by atoms with Crippen molar-refractivity contribution in [2.45, 2.75) is 6.61 Å². The highest BCUT2D eigenvalue weighted by molar-refractivity contribution is 5.94. The van der Waals surface area contributed by atoms with Gasteiger partial charge in [-0.3, -0.25) is 10.1 Å². The third-order valence-electron chi connectivity index (χ3n) is 1.96. The molecule has 1 aromatic carbocycles. The molecule has 0 saturated carbocycles. The number of cyclic esters (lactones) is 1. The standard InChI is InChI=1S/C8H4FNO4/c9-4-1-5-6(3-14-8(5)11)7(2-4)10(12)13/h1-2H,3H2. The van der Waals surface area contributed by atoms with Gasteiger partial charge in [0.25, 0.3) is 5.69 Å². The highest BCUT2D eigenvalue weighted by atomic mass is 19.1. The second-order valence-corrected chi connectivity index (χ2v) is 2.78. The molecule has 0 aromatic heterocycles. The van der Waals surface area contributed by atoms with Crippen molar-refractivity contribution in [1.29, 1.82) is 0 Å². The molecule has 5 nitrogen and oxygen atoms in total. The van der Waals surface area contributed by atoms with Crippen LogP contribution >= 0.6 is 0 Å². The summed E-state index contributed by atoms with van der Waals surface area (Å²) in [5.41, 5.74) is -0.330. The molecule has 0 amide bonds. The minimum absolute atomic E-state index is 0.0586. The van der Waals surface area contributed by atoms with Crippen LogP contribution in [0.3, 0.4) is 0 Å². The van der Waals surface area contributed by atoms with E-state index in [0.29, 0.717) is 0 Å². The van der Waals surface area contributed by atoms with Crippen LogP contribution < -0.4 is 0 Å². The second-order valence-electron chi connectivity index (χ2n) is 2.78. The number of nitrogens with zero attached hydrogens (tertiary/aromatic N) is 1. The van der Waals surface area contributed by atoms with Crippen molar-refractivity contribution >= 4 is 11.7 Å². The number of carbonyl (C=O) groups is 1. The predicted octanol–water partition coefficient (Wildman–Crippen LogP) is 1.40. The van der Waals surface area contributed by atoms with Crippen LogP contribution in [0, 0.1) is 15.9 Å². The molecule has 14 heavy (non-hydrogen) atoms. The molecule has 1 aromatic rings. The quantitative estimate of drug-likeness (QED) is 0.387. The number of nitro benzene ring substituents is 1. The normalized spacial score (nSPS) is 13.6. The number of halogens is 1. The summed E-state index contributed by atoms with van der Waals surface area (Å²) in [5, 5.41) is 10.5. The van der Waals surface area contributed by atoms with Crippen molar-refractivity contribution < 1.29 is 18.8 Å². The van der Waals surface area contributed by atoms with Gasteiger partial charge in [0, 0.05) is 0 Å². The Morgan fingerprint density at radius 1 is 1.50 bits per heavy atom. The van der Waals surface area contributed by atoms with Gasteiger partial charge in [-0.05, 0) is 6.07 Å². The predicted molar refractivity (Wildman–Crippen MR) is 42.2 cm³/mol. The summed E-state index contributed by atoms with van der Waals surface area (Å²) >= 11 is 0. The van der Waals surface area contributed by atoms with E-state index >= 15 is 0 Å². The van der Waals surface area contributed by atoms with Crippen LogP contribution in [0.4, 0.5) is 10.1 Å². The third kappa shape index (κ3) is 1.12. The first kappa shape index (κ1) is 8.61. The molecule has 0 atom stereocenters. The molecule has 1 heterocycles. The highest BCUT2D eigenvalue weighted by Gasteiger charge is 2.30. The van der Waals surface area contributed by atoms with Crippen LogP contribution in [-0.4, -0.2) is 10.9 Å². The smallest absolute Gasteiger partial charge is 0.339 e. The average molecular weight is 197 g/mol. The Hall–Kier alpha value is -1.98. The Morgan fingerprint density at radius 2 is 2.21 bits per heavy atom. The molecule has 0 spiro atoms. The number of rotatable bonds is 1. The van der Waals surface area contributed by atoms with Gasteiger partial charge in [-0.25, -0.2) is 9.18 Å². The van der Waals surface area contributed by atoms with Crippen molar-refractivity contribution in [3.05, 3.63) is 39.2 Å². The molecule has 0 radical (unpaired) electrons. The van der Waals surface area contributed by atoms with Gasteiger partial charge >= 0.3 is 5.97 Å². The summed E-state index contributed by atoms with van der Waals surface area (Å²) in [6, 6.07) is 1.72. The topological polar surface area (TPSA) is 69.4 Å². The maximum absolute atomic E-state index is 12.8. The molecule has 0 N–H and O–H groups in total. The van der Waals surface area contributed by atoms with Gasteiger partial charge in [0.15, 0.2) is 0 Å². The van der Waals surface area contributed by atoms with Crippen LogP contribution in [0.1, 0.15) is 15.9 Å². The van der Waals surface area contributed by atoms with Crippen molar-refractivity contribution in [2.24, 2.45) is 0 Å².